The van der Waals surface area contributed by atoms with Crippen LogP contribution in [0.4, 0.5) is 4.39 Å². The molecule has 0 amide bonds. The van der Waals surface area contributed by atoms with Gasteiger partial charge in [-0.2, -0.15) is 0 Å². The van der Waals surface area contributed by atoms with E-state index in [0.717, 1.165) is 0 Å². The fourth-order valence-corrected chi connectivity index (χ4v) is 5.29. The summed E-state index contributed by atoms with van der Waals surface area (Å²) < 4.78 is 42.6. The van der Waals surface area contributed by atoms with Gasteiger partial charge in [-0.1, -0.05) is 24.4 Å². The Bertz CT molecular complexity index is 645. The molecular weight excluding hydrogens is 313 g/mol. The summed E-state index contributed by atoms with van der Waals surface area (Å²) in [6.45, 7) is 2.41. The Hall–Kier alpha value is -1.05. The van der Waals surface area contributed by atoms with Crippen molar-refractivity contribution in [3.63, 3.8) is 0 Å². The molecule has 0 radical (unpaired) electrons. The van der Waals surface area contributed by atoms with Crippen molar-refractivity contribution in [2.45, 2.75) is 18.1 Å². The molecule has 0 unspecified atom stereocenters. The molecule has 0 aliphatic heterocycles. The lowest BCUT2D eigenvalue weighted by Crippen LogP contribution is -2.33. The predicted molar refractivity (Wildman–Crippen MR) is 83.5 cm³/mol. The van der Waals surface area contributed by atoms with Crippen LogP contribution in [0.1, 0.15) is 18.4 Å². The summed E-state index contributed by atoms with van der Waals surface area (Å²) in [5.41, 5.74) is 5.63. The Balaban J connectivity index is 2.46. The van der Waals surface area contributed by atoms with Crippen LogP contribution in [-0.2, 0) is 14.6 Å². The van der Waals surface area contributed by atoms with Gasteiger partial charge in [-0.05, 0) is 24.6 Å². The largest absolute Gasteiger partial charge is 0.393 e. The standard InChI is InChI=1S/C14H18FNO3S2/c1-3-19-8-14(13(16)20)11(12(14)21(2,17)18)9-4-6-10(15)7-5-9/h4-7,11-12H,3,8H2,1-2H3,(H2,16,20)/t11-,12+,14-/m1/s1. The van der Waals surface area contributed by atoms with E-state index in [9.17, 15) is 12.8 Å². The van der Waals surface area contributed by atoms with E-state index in [1.807, 2.05) is 6.92 Å². The van der Waals surface area contributed by atoms with Crippen molar-refractivity contribution in [1.29, 1.82) is 0 Å². The third-order valence-electron chi connectivity index (χ3n) is 3.95. The molecule has 1 saturated carbocycles. The van der Waals surface area contributed by atoms with Crippen molar-refractivity contribution in [1.82, 2.24) is 0 Å². The molecule has 0 spiro atoms. The average Bonchev–Trinajstić information content (AvgIpc) is 3.08. The third kappa shape index (κ3) is 2.82. The molecule has 3 atom stereocenters. The predicted octanol–water partition coefficient (Wildman–Crippen LogP) is 1.65. The zero-order chi connectivity index (χ0) is 15.8. The lowest BCUT2D eigenvalue weighted by Gasteiger charge is -2.16. The van der Waals surface area contributed by atoms with E-state index in [1.165, 1.54) is 18.4 Å². The van der Waals surface area contributed by atoms with Gasteiger partial charge in [0.15, 0.2) is 9.84 Å². The SMILES string of the molecule is CCOC[C@@]1(C(N)=S)[C@H](c2ccc(F)cc2)[C@@H]1S(C)(=O)=O. The van der Waals surface area contributed by atoms with Gasteiger partial charge >= 0.3 is 0 Å². The van der Waals surface area contributed by atoms with Crippen LogP contribution in [0.2, 0.25) is 0 Å². The molecule has 21 heavy (non-hydrogen) atoms. The van der Waals surface area contributed by atoms with Gasteiger partial charge in [-0.25, -0.2) is 12.8 Å². The van der Waals surface area contributed by atoms with Crippen LogP contribution in [0.5, 0.6) is 0 Å². The molecule has 2 N–H and O–H groups in total. The van der Waals surface area contributed by atoms with Crippen LogP contribution < -0.4 is 5.73 Å². The summed E-state index contributed by atoms with van der Waals surface area (Å²) in [6.07, 6.45) is 1.17. The van der Waals surface area contributed by atoms with Crippen molar-refractivity contribution < 1.29 is 17.5 Å². The number of benzene rings is 1. The van der Waals surface area contributed by atoms with Crippen LogP contribution in [-0.4, -0.2) is 38.1 Å². The molecule has 0 heterocycles. The van der Waals surface area contributed by atoms with Crippen molar-refractivity contribution in [3.05, 3.63) is 35.6 Å². The van der Waals surface area contributed by atoms with Crippen LogP contribution in [0.15, 0.2) is 24.3 Å². The van der Waals surface area contributed by atoms with Gasteiger partial charge in [0, 0.05) is 18.8 Å². The van der Waals surface area contributed by atoms with Crippen LogP contribution in [0, 0.1) is 11.2 Å². The van der Waals surface area contributed by atoms with Crippen LogP contribution in [0.25, 0.3) is 0 Å². The Morgan fingerprint density at radius 3 is 2.43 bits per heavy atom. The van der Waals surface area contributed by atoms with Gasteiger partial charge in [0.1, 0.15) is 5.82 Å². The van der Waals surface area contributed by atoms with Crippen LogP contribution in [0.3, 0.4) is 0 Å². The van der Waals surface area contributed by atoms with Gasteiger partial charge in [0.05, 0.1) is 22.3 Å². The minimum absolute atomic E-state index is 0.126. The molecule has 1 fully saturated rings. The Morgan fingerprint density at radius 1 is 1.43 bits per heavy atom. The van der Waals surface area contributed by atoms with E-state index in [-0.39, 0.29) is 17.4 Å². The number of nitrogens with two attached hydrogens (primary N) is 1. The number of sulfone groups is 1. The van der Waals surface area contributed by atoms with Crippen molar-refractivity contribution in [2.24, 2.45) is 11.1 Å². The van der Waals surface area contributed by atoms with Gasteiger partial charge in [-0.15, -0.1) is 0 Å². The van der Waals surface area contributed by atoms with E-state index in [1.54, 1.807) is 12.1 Å². The summed E-state index contributed by atoms with van der Waals surface area (Å²) in [4.78, 5) is 0.126. The topological polar surface area (TPSA) is 69.4 Å². The average molecular weight is 331 g/mol. The fraction of sp³-hybridized carbons (Fsp3) is 0.500. The highest BCUT2D eigenvalue weighted by Gasteiger charge is 2.71. The molecule has 0 bridgehead atoms. The van der Waals surface area contributed by atoms with Gasteiger partial charge in [0.25, 0.3) is 0 Å². The molecule has 4 nitrogen and oxygen atoms in total. The molecule has 1 aliphatic rings. The van der Waals surface area contributed by atoms with E-state index in [0.29, 0.717) is 12.2 Å². The number of halogens is 1. The Kier molecular flexibility index (Phi) is 4.37. The molecule has 2 rings (SSSR count). The quantitative estimate of drug-likeness (QED) is 0.803. The summed E-state index contributed by atoms with van der Waals surface area (Å²) in [5, 5.41) is -0.723. The lowest BCUT2D eigenvalue weighted by molar-refractivity contribution is 0.121. The second-order valence-corrected chi connectivity index (χ2v) is 7.93. The third-order valence-corrected chi connectivity index (χ3v) is 5.95. The molecule has 0 aromatic heterocycles. The first-order chi connectivity index (χ1) is 9.75. The Morgan fingerprint density at radius 2 is 2.00 bits per heavy atom. The number of thiocarbonyl (C=S) groups is 1. The molecule has 1 aromatic rings. The lowest BCUT2D eigenvalue weighted by atomic mass is 10.00. The van der Waals surface area contributed by atoms with Gasteiger partial charge in [0.2, 0.25) is 0 Å². The molecule has 0 saturated heterocycles. The normalized spacial score (nSPS) is 28.3. The first-order valence-corrected chi connectivity index (χ1v) is 8.93. The zero-order valence-corrected chi connectivity index (χ0v) is 13.5. The van der Waals surface area contributed by atoms with Crippen molar-refractivity contribution in [3.8, 4) is 0 Å². The molecular formula is C14H18FNO3S2. The summed E-state index contributed by atoms with van der Waals surface area (Å²) >= 11 is 5.12. The van der Waals surface area contributed by atoms with Crippen molar-refractivity contribution >= 4 is 27.0 Å². The smallest absolute Gasteiger partial charge is 0.152 e. The fourth-order valence-electron chi connectivity index (χ4n) is 2.98. The summed E-state index contributed by atoms with van der Waals surface area (Å²) in [7, 11) is -3.36. The number of ether oxygens (including phenoxy) is 1. The molecule has 1 aromatic carbocycles. The van der Waals surface area contributed by atoms with Gasteiger partial charge in [-0.3, -0.25) is 0 Å². The van der Waals surface area contributed by atoms with Crippen LogP contribution >= 0.6 is 12.2 Å². The minimum atomic E-state index is -3.36. The second-order valence-electron chi connectivity index (χ2n) is 5.32. The number of hydrogen-bond acceptors (Lipinski definition) is 4. The second kappa shape index (κ2) is 5.62. The summed E-state index contributed by atoms with van der Waals surface area (Å²) in [5.74, 6) is -0.766. The summed E-state index contributed by atoms with van der Waals surface area (Å²) in [6, 6.07) is 5.75. The van der Waals surface area contributed by atoms with Gasteiger partial charge < -0.3 is 10.5 Å². The molecule has 7 heteroatoms. The van der Waals surface area contributed by atoms with Crippen molar-refractivity contribution in [2.75, 3.05) is 19.5 Å². The minimum Gasteiger partial charge on any atom is -0.393 e. The maximum atomic E-state index is 13.1. The number of rotatable bonds is 6. The maximum absolute atomic E-state index is 13.1. The first kappa shape index (κ1) is 16.3. The Labute approximate surface area is 129 Å². The number of hydrogen-bond donors (Lipinski definition) is 1. The van der Waals surface area contributed by atoms with E-state index in [4.69, 9.17) is 22.7 Å². The van der Waals surface area contributed by atoms with E-state index >= 15 is 0 Å². The monoisotopic (exact) mass is 331 g/mol. The van der Waals surface area contributed by atoms with E-state index < -0.39 is 26.4 Å². The highest BCUT2D eigenvalue weighted by molar-refractivity contribution is 7.92. The zero-order valence-electron chi connectivity index (χ0n) is 11.9. The van der Waals surface area contributed by atoms with E-state index in [2.05, 4.69) is 0 Å². The molecule has 1 aliphatic carbocycles. The molecule has 116 valence electrons. The first-order valence-electron chi connectivity index (χ1n) is 6.57. The maximum Gasteiger partial charge on any atom is 0.152 e. The highest BCUT2D eigenvalue weighted by atomic mass is 32.2. The highest BCUT2D eigenvalue weighted by Crippen LogP contribution is 2.63.